The third-order valence-electron chi connectivity index (χ3n) is 6.58. The first-order valence-corrected chi connectivity index (χ1v) is 13.3. The molecular weight excluding hydrogens is 487 g/mol. The van der Waals surface area contributed by atoms with E-state index in [2.05, 4.69) is 30.2 Å². The number of hydrogen-bond acceptors (Lipinski definition) is 9. The molecule has 2 saturated heterocycles. The highest BCUT2D eigenvalue weighted by Gasteiger charge is 2.28. The largest absolute Gasteiger partial charge is 0.381 e. The number of hydrogen-bond donors (Lipinski definition) is 1. The zero-order valence-electron chi connectivity index (χ0n) is 20.3. The molecule has 5 heterocycles. The summed E-state index contributed by atoms with van der Waals surface area (Å²) in [5, 5.41) is 2.98. The molecule has 5 rings (SSSR count). The second kappa shape index (κ2) is 10.2. The van der Waals surface area contributed by atoms with Gasteiger partial charge in [0.15, 0.2) is 10.8 Å². The molecule has 0 unspecified atom stereocenters. The maximum Gasteiger partial charge on any atom is 0.260 e. The number of piperazine rings is 1. The lowest BCUT2D eigenvalue weighted by atomic mass is 10.1. The van der Waals surface area contributed by atoms with Crippen LogP contribution in [0.1, 0.15) is 24.7 Å². The van der Waals surface area contributed by atoms with Gasteiger partial charge in [-0.15, -0.1) is 0 Å². The highest BCUT2D eigenvalue weighted by molar-refractivity contribution is 7.89. The van der Waals surface area contributed by atoms with Gasteiger partial charge < -0.3 is 19.5 Å². The maximum atomic E-state index is 14.8. The van der Waals surface area contributed by atoms with Gasteiger partial charge in [0, 0.05) is 45.4 Å². The molecule has 1 N–H and O–H groups in total. The van der Waals surface area contributed by atoms with Crippen molar-refractivity contribution in [3.8, 4) is 11.4 Å². The zero-order chi connectivity index (χ0) is 25.3. The quantitative estimate of drug-likeness (QED) is 0.526. The Morgan fingerprint density at radius 1 is 1.03 bits per heavy atom. The standard InChI is InChI=1S/C23H29FN8O3S/c1-16-25-15-20(32(16)18-5-11-35-12-6-18)22-19(24)14-27-23(29-22)28-17-3-4-21(26-13-17)36(33,34)31-9-7-30(2)8-10-31/h3-4,13-15,18H,5-12H2,1-2H3,(H,27,28,29). The number of nitrogens with zero attached hydrogens (tertiary/aromatic N) is 7. The van der Waals surface area contributed by atoms with Gasteiger partial charge in [-0.05, 0) is 38.9 Å². The number of rotatable bonds is 6. The molecule has 3 aromatic heterocycles. The van der Waals surface area contributed by atoms with E-state index in [-0.39, 0.29) is 22.7 Å². The number of ether oxygens (including phenoxy) is 1. The van der Waals surface area contributed by atoms with Crippen LogP contribution in [0.25, 0.3) is 11.4 Å². The van der Waals surface area contributed by atoms with Gasteiger partial charge in [-0.1, -0.05) is 0 Å². The lowest BCUT2D eigenvalue weighted by Gasteiger charge is -2.31. The number of halogens is 1. The molecule has 0 atom stereocenters. The van der Waals surface area contributed by atoms with Gasteiger partial charge in [0.2, 0.25) is 5.95 Å². The molecule has 36 heavy (non-hydrogen) atoms. The molecule has 11 nitrogen and oxygen atoms in total. The fourth-order valence-electron chi connectivity index (χ4n) is 4.54. The van der Waals surface area contributed by atoms with Gasteiger partial charge in [-0.3, -0.25) is 0 Å². The Kier molecular flexibility index (Phi) is 6.97. The molecule has 0 spiro atoms. The topological polar surface area (TPSA) is 118 Å². The van der Waals surface area contributed by atoms with Crippen molar-refractivity contribution in [2.45, 2.75) is 30.8 Å². The lowest BCUT2D eigenvalue weighted by Crippen LogP contribution is -2.47. The second-order valence-electron chi connectivity index (χ2n) is 9.01. The summed E-state index contributed by atoms with van der Waals surface area (Å²) < 4.78 is 49.6. The van der Waals surface area contributed by atoms with Gasteiger partial charge >= 0.3 is 0 Å². The van der Waals surface area contributed by atoms with Crippen molar-refractivity contribution in [1.29, 1.82) is 0 Å². The van der Waals surface area contributed by atoms with E-state index in [0.29, 0.717) is 50.8 Å². The Labute approximate surface area is 209 Å². The molecule has 0 amide bonds. The molecule has 0 saturated carbocycles. The van der Waals surface area contributed by atoms with E-state index in [9.17, 15) is 12.8 Å². The Bertz CT molecular complexity index is 1320. The minimum atomic E-state index is -3.67. The van der Waals surface area contributed by atoms with Gasteiger partial charge in [0.05, 0.1) is 30.0 Å². The molecule has 0 aromatic carbocycles. The van der Waals surface area contributed by atoms with Crippen LogP contribution in [0.5, 0.6) is 0 Å². The number of anilines is 2. The van der Waals surface area contributed by atoms with E-state index in [0.717, 1.165) is 24.9 Å². The smallest absolute Gasteiger partial charge is 0.260 e. The van der Waals surface area contributed by atoms with Crippen LogP contribution in [-0.2, 0) is 14.8 Å². The third-order valence-corrected chi connectivity index (χ3v) is 8.40. The van der Waals surface area contributed by atoms with Crippen LogP contribution < -0.4 is 5.32 Å². The van der Waals surface area contributed by atoms with E-state index < -0.39 is 15.8 Å². The summed E-state index contributed by atoms with van der Waals surface area (Å²) in [4.78, 5) is 19.1. The number of imidazole rings is 1. The van der Waals surface area contributed by atoms with Crippen molar-refractivity contribution in [2.75, 3.05) is 51.8 Å². The highest BCUT2D eigenvalue weighted by Crippen LogP contribution is 2.31. The van der Waals surface area contributed by atoms with Crippen LogP contribution >= 0.6 is 0 Å². The summed E-state index contributed by atoms with van der Waals surface area (Å²) in [6.07, 6.45) is 5.78. The molecule has 2 fully saturated rings. The number of nitrogens with one attached hydrogen (secondary N) is 1. The number of aromatic nitrogens is 5. The van der Waals surface area contributed by atoms with Crippen molar-refractivity contribution in [3.05, 3.63) is 42.4 Å². The zero-order valence-corrected chi connectivity index (χ0v) is 21.1. The van der Waals surface area contributed by atoms with Crippen LogP contribution in [0, 0.1) is 12.7 Å². The highest BCUT2D eigenvalue weighted by atomic mass is 32.2. The molecule has 0 radical (unpaired) electrons. The summed E-state index contributed by atoms with van der Waals surface area (Å²) in [5.74, 6) is 0.395. The third kappa shape index (κ3) is 4.96. The van der Waals surface area contributed by atoms with Crippen LogP contribution in [0.2, 0.25) is 0 Å². The molecule has 0 aliphatic carbocycles. The Balaban J connectivity index is 1.36. The molecule has 0 bridgehead atoms. The SMILES string of the molecule is Cc1ncc(-c2nc(Nc3ccc(S(=O)(=O)N4CCN(C)CC4)nc3)ncc2F)n1C1CCOCC1. The summed E-state index contributed by atoms with van der Waals surface area (Å²) in [6, 6.07) is 3.20. The molecule has 192 valence electrons. The van der Waals surface area contributed by atoms with Crippen molar-refractivity contribution >= 4 is 21.7 Å². The first-order valence-electron chi connectivity index (χ1n) is 11.9. The number of likely N-dealkylation sites (N-methyl/N-ethyl adjacent to an activating group) is 1. The van der Waals surface area contributed by atoms with E-state index in [4.69, 9.17) is 4.74 Å². The fourth-order valence-corrected chi connectivity index (χ4v) is 5.87. The lowest BCUT2D eigenvalue weighted by molar-refractivity contribution is 0.0694. The van der Waals surface area contributed by atoms with Crippen LogP contribution in [0.4, 0.5) is 16.0 Å². The predicted octanol–water partition coefficient (Wildman–Crippen LogP) is 2.21. The van der Waals surface area contributed by atoms with Crippen LogP contribution in [0.15, 0.2) is 35.7 Å². The van der Waals surface area contributed by atoms with Crippen molar-refractivity contribution in [3.63, 3.8) is 0 Å². The normalized spacial score (nSPS) is 18.4. The van der Waals surface area contributed by atoms with Gasteiger partial charge in [-0.25, -0.2) is 32.7 Å². The van der Waals surface area contributed by atoms with E-state index in [1.54, 1.807) is 12.3 Å². The molecule has 13 heteroatoms. The summed E-state index contributed by atoms with van der Waals surface area (Å²) in [6.45, 7) is 5.39. The van der Waals surface area contributed by atoms with E-state index >= 15 is 0 Å². The maximum absolute atomic E-state index is 14.8. The average molecular weight is 517 g/mol. The molecule has 3 aromatic rings. The van der Waals surface area contributed by atoms with Crippen molar-refractivity contribution in [1.82, 2.24) is 33.7 Å². The summed E-state index contributed by atoms with van der Waals surface area (Å²) >= 11 is 0. The fraction of sp³-hybridized carbons (Fsp3) is 0.478. The van der Waals surface area contributed by atoms with Crippen molar-refractivity contribution in [2.24, 2.45) is 0 Å². The van der Waals surface area contributed by atoms with Gasteiger partial charge in [0.1, 0.15) is 11.5 Å². The monoisotopic (exact) mass is 516 g/mol. The average Bonchev–Trinajstić information content (AvgIpc) is 3.27. The van der Waals surface area contributed by atoms with Gasteiger partial charge in [-0.2, -0.15) is 4.31 Å². The van der Waals surface area contributed by atoms with Gasteiger partial charge in [0.25, 0.3) is 10.0 Å². The Hall–Kier alpha value is -3.00. The molecule has 2 aliphatic rings. The Morgan fingerprint density at radius 2 is 1.78 bits per heavy atom. The Morgan fingerprint density at radius 3 is 2.47 bits per heavy atom. The molecule has 2 aliphatic heterocycles. The van der Waals surface area contributed by atoms with Crippen LogP contribution in [-0.4, -0.2) is 88.6 Å². The number of aryl methyl sites for hydroxylation is 1. The van der Waals surface area contributed by atoms with Crippen molar-refractivity contribution < 1.29 is 17.5 Å². The minimum Gasteiger partial charge on any atom is -0.381 e. The first-order chi connectivity index (χ1) is 17.3. The predicted molar refractivity (Wildman–Crippen MR) is 131 cm³/mol. The number of sulfonamides is 1. The van der Waals surface area contributed by atoms with E-state index in [1.165, 1.54) is 16.6 Å². The second-order valence-corrected chi connectivity index (χ2v) is 10.9. The summed E-state index contributed by atoms with van der Waals surface area (Å²) in [5.41, 5.74) is 1.20. The van der Waals surface area contributed by atoms with E-state index in [1.807, 2.05) is 18.5 Å². The summed E-state index contributed by atoms with van der Waals surface area (Å²) in [7, 11) is -1.70. The minimum absolute atomic E-state index is 0.0193. The number of pyridine rings is 1. The first kappa shape index (κ1) is 24.7. The molecular formula is C23H29FN8O3S. The van der Waals surface area contributed by atoms with Crippen LogP contribution in [0.3, 0.4) is 0 Å².